The van der Waals surface area contributed by atoms with Gasteiger partial charge < -0.3 is 19.9 Å². The standard InChI is InChI=1S/C20H32N4O2/c1-7-21-20(24-12-15(3)17(13-24)19(25)26-6)22-11-16-9-8-14(2)10-18(16)23(4)5/h8-10,15,17H,7,11-13H2,1-6H3,(H,21,22). The molecule has 6 nitrogen and oxygen atoms in total. The van der Waals surface area contributed by atoms with Gasteiger partial charge in [-0.15, -0.1) is 0 Å². The highest BCUT2D eigenvalue weighted by Gasteiger charge is 2.36. The predicted molar refractivity (Wildman–Crippen MR) is 107 cm³/mol. The van der Waals surface area contributed by atoms with E-state index in [1.807, 2.05) is 0 Å². The molecule has 0 amide bonds. The smallest absolute Gasteiger partial charge is 0.310 e. The Labute approximate surface area is 157 Å². The highest BCUT2D eigenvalue weighted by atomic mass is 16.5. The van der Waals surface area contributed by atoms with Crippen LogP contribution in [0.2, 0.25) is 0 Å². The van der Waals surface area contributed by atoms with Gasteiger partial charge in [-0.25, -0.2) is 4.99 Å². The second kappa shape index (κ2) is 8.92. The third-order valence-corrected chi connectivity index (χ3v) is 4.87. The van der Waals surface area contributed by atoms with Crippen LogP contribution >= 0.6 is 0 Å². The number of nitrogens with zero attached hydrogens (tertiary/aromatic N) is 3. The molecule has 6 heteroatoms. The number of hydrogen-bond donors (Lipinski definition) is 1. The maximum atomic E-state index is 12.0. The number of carbonyl (C=O) groups excluding carboxylic acids is 1. The number of hydrogen-bond acceptors (Lipinski definition) is 4. The molecule has 2 atom stereocenters. The molecule has 2 rings (SSSR count). The Bertz CT molecular complexity index is 657. The van der Waals surface area contributed by atoms with E-state index < -0.39 is 0 Å². The minimum atomic E-state index is -0.135. The van der Waals surface area contributed by atoms with Gasteiger partial charge in [0.15, 0.2) is 5.96 Å². The molecule has 0 aliphatic carbocycles. The Morgan fingerprint density at radius 3 is 2.73 bits per heavy atom. The summed E-state index contributed by atoms with van der Waals surface area (Å²) in [6.45, 7) is 9.10. The van der Waals surface area contributed by atoms with E-state index in [1.54, 1.807) is 0 Å². The molecular weight excluding hydrogens is 328 g/mol. The van der Waals surface area contributed by atoms with Gasteiger partial charge in [0.1, 0.15) is 0 Å². The number of methoxy groups -OCH3 is 1. The second-order valence-electron chi connectivity index (χ2n) is 7.21. The van der Waals surface area contributed by atoms with Crippen LogP contribution in [-0.4, -0.2) is 57.7 Å². The number of benzene rings is 1. The molecule has 144 valence electrons. The molecular formula is C20H32N4O2. The first kappa shape index (κ1) is 20.1. The van der Waals surface area contributed by atoms with Crippen molar-refractivity contribution in [1.29, 1.82) is 0 Å². The zero-order valence-electron chi connectivity index (χ0n) is 16.9. The van der Waals surface area contributed by atoms with Crippen molar-refractivity contribution in [3.63, 3.8) is 0 Å². The number of carbonyl (C=O) groups is 1. The third-order valence-electron chi connectivity index (χ3n) is 4.87. The summed E-state index contributed by atoms with van der Waals surface area (Å²) < 4.78 is 4.94. The van der Waals surface area contributed by atoms with Crippen LogP contribution < -0.4 is 10.2 Å². The molecule has 0 bridgehead atoms. The maximum absolute atomic E-state index is 12.0. The van der Waals surface area contributed by atoms with Crippen LogP contribution in [0, 0.1) is 18.8 Å². The Kier molecular flexibility index (Phi) is 6.89. The fraction of sp³-hybridized carbons (Fsp3) is 0.600. The van der Waals surface area contributed by atoms with Crippen LogP contribution in [0.25, 0.3) is 0 Å². The van der Waals surface area contributed by atoms with Crippen molar-refractivity contribution >= 4 is 17.6 Å². The largest absolute Gasteiger partial charge is 0.469 e. The van der Waals surface area contributed by atoms with Gasteiger partial charge in [-0.3, -0.25) is 4.79 Å². The molecule has 1 aliphatic heterocycles. The SMILES string of the molecule is CCNC(=NCc1ccc(C)cc1N(C)C)N1CC(C)C(C(=O)OC)C1. The van der Waals surface area contributed by atoms with Crippen molar-refractivity contribution in [2.24, 2.45) is 16.8 Å². The van der Waals surface area contributed by atoms with E-state index in [4.69, 9.17) is 9.73 Å². The predicted octanol–water partition coefficient (Wildman–Crippen LogP) is 2.27. The van der Waals surface area contributed by atoms with Crippen molar-refractivity contribution in [2.45, 2.75) is 27.3 Å². The third kappa shape index (κ3) is 4.68. The maximum Gasteiger partial charge on any atom is 0.310 e. The fourth-order valence-electron chi connectivity index (χ4n) is 3.41. The van der Waals surface area contributed by atoms with Gasteiger partial charge >= 0.3 is 5.97 Å². The first-order valence-electron chi connectivity index (χ1n) is 9.25. The summed E-state index contributed by atoms with van der Waals surface area (Å²) in [5.74, 6) is 0.879. The van der Waals surface area contributed by atoms with Gasteiger partial charge in [0.2, 0.25) is 0 Å². The normalized spacial score (nSPS) is 20.2. The Morgan fingerprint density at radius 1 is 1.38 bits per heavy atom. The van der Waals surface area contributed by atoms with Crippen molar-refractivity contribution in [3.05, 3.63) is 29.3 Å². The quantitative estimate of drug-likeness (QED) is 0.496. The summed E-state index contributed by atoms with van der Waals surface area (Å²) in [5.41, 5.74) is 3.61. The number of esters is 1. The lowest BCUT2D eigenvalue weighted by Crippen LogP contribution is -2.40. The molecule has 0 spiro atoms. The van der Waals surface area contributed by atoms with E-state index >= 15 is 0 Å². The van der Waals surface area contributed by atoms with Gasteiger partial charge in [-0.05, 0) is 37.0 Å². The zero-order chi connectivity index (χ0) is 19.3. The Morgan fingerprint density at radius 2 is 2.12 bits per heavy atom. The van der Waals surface area contributed by atoms with Gasteiger partial charge in [-0.1, -0.05) is 19.1 Å². The lowest BCUT2D eigenvalue weighted by atomic mass is 9.99. The molecule has 0 radical (unpaired) electrons. The molecule has 1 aromatic carbocycles. The topological polar surface area (TPSA) is 57.2 Å². The van der Waals surface area contributed by atoms with Crippen LogP contribution in [-0.2, 0) is 16.1 Å². The van der Waals surface area contributed by atoms with Gasteiger partial charge in [-0.2, -0.15) is 0 Å². The van der Waals surface area contributed by atoms with Gasteiger partial charge in [0.05, 0.1) is 19.6 Å². The minimum absolute atomic E-state index is 0.0967. The van der Waals surface area contributed by atoms with Crippen LogP contribution in [0.4, 0.5) is 5.69 Å². The number of guanidine groups is 1. The lowest BCUT2D eigenvalue weighted by Gasteiger charge is -2.22. The van der Waals surface area contributed by atoms with Crippen molar-refractivity contribution in [2.75, 3.05) is 45.7 Å². The number of ether oxygens (including phenoxy) is 1. The average Bonchev–Trinajstić information content (AvgIpc) is 3.00. The van der Waals surface area contributed by atoms with E-state index in [1.165, 1.54) is 23.9 Å². The summed E-state index contributed by atoms with van der Waals surface area (Å²) in [6.07, 6.45) is 0. The van der Waals surface area contributed by atoms with Crippen LogP contribution in [0.3, 0.4) is 0 Å². The number of aliphatic imine (C=N–C) groups is 1. The van der Waals surface area contributed by atoms with E-state index in [2.05, 4.69) is 68.2 Å². The summed E-state index contributed by atoms with van der Waals surface area (Å²) >= 11 is 0. The first-order valence-corrected chi connectivity index (χ1v) is 9.25. The minimum Gasteiger partial charge on any atom is -0.469 e. The molecule has 1 fully saturated rings. The van der Waals surface area contributed by atoms with Crippen LogP contribution in [0.1, 0.15) is 25.0 Å². The van der Waals surface area contributed by atoms with Gasteiger partial charge in [0, 0.05) is 39.4 Å². The van der Waals surface area contributed by atoms with E-state index in [0.717, 1.165) is 19.0 Å². The molecule has 1 heterocycles. The summed E-state index contributed by atoms with van der Waals surface area (Å²) in [4.78, 5) is 21.1. The Balaban J connectivity index is 2.19. The summed E-state index contributed by atoms with van der Waals surface area (Å²) in [7, 11) is 5.56. The molecule has 26 heavy (non-hydrogen) atoms. The summed E-state index contributed by atoms with van der Waals surface area (Å²) in [6, 6.07) is 6.45. The highest BCUT2D eigenvalue weighted by molar-refractivity contribution is 5.82. The van der Waals surface area contributed by atoms with Gasteiger partial charge in [0.25, 0.3) is 0 Å². The molecule has 1 N–H and O–H groups in total. The monoisotopic (exact) mass is 360 g/mol. The Hall–Kier alpha value is -2.24. The van der Waals surface area contributed by atoms with E-state index in [0.29, 0.717) is 13.1 Å². The molecule has 1 aliphatic rings. The van der Waals surface area contributed by atoms with Crippen LogP contribution in [0.5, 0.6) is 0 Å². The van der Waals surface area contributed by atoms with E-state index in [9.17, 15) is 4.79 Å². The summed E-state index contributed by atoms with van der Waals surface area (Å²) in [5, 5.41) is 3.36. The first-order chi connectivity index (χ1) is 12.4. The fourth-order valence-corrected chi connectivity index (χ4v) is 3.41. The molecule has 2 unspecified atom stereocenters. The molecule has 0 saturated carbocycles. The second-order valence-corrected chi connectivity index (χ2v) is 7.21. The zero-order valence-corrected chi connectivity index (χ0v) is 16.9. The van der Waals surface area contributed by atoms with E-state index in [-0.39, 0.29) is 17.8 Å². The number of rotatable bonds is 5. The molecule has 1 aromatic rings. The van der Waals surface area contributed by atoms with Crippen molar-refractivity contribution in [1.82, 2.24) is 10.2 Å². The van der Waals surface area contributed by atoms with Crippen LogP contribution in [0.15, 0.2) is 23.2 Å². The number of likely N-dealkylation sites (tertiary alicyclic amines) is 1. The number of aryl methyl sites for hydroxylation is 1. The van der Waals surface area contributed by atoms with Crippen molar-refractivity contribution < 1.29 is 9.53 Å². The number of anilines is 1. The average molecular weight is 361 g/mol. The van der Waals surface area contributed by atoms with Crippen molar-refractivity contribution in [3.8, 4) is 0 Å². The molecule has 0 aromatic heterocycles. The molecule has 1 saturated heterocycles. The highest BCUT2D eigenvalue weighted by Crippen LogP contribution is 2.25. The lowest BCUT2D eigenvalue weighted by molar-refractivity contribution is -0.145. The number of nitrogens with one attached hydrogen (secondary N) is 1.